The summed E-state index contributed by atoms with van der Waals surface area (Å²) in [6, 6.07) is 13.9. The van der Waals surface area contributed by atoms with Gasteiger partial charge in [0, 0.05) is 29.3 Å². The molecule has 1 atom stereocenters. The Bertz CT molecular complexity index is 870. The largest absolute Gasteiger partial charge is 0.490 e. The third-order valence-electron chi connectivity index (χ3n) is 5.43. The first-order chi connectivity index (χ1) is 13.7. The number of benzene rings is 2. The number of nitrogens with two attached hydrogens (primary N) is 1. The van der Waals surface area contributed by atoms with E-state index in [4.69, 9.17) is 22.1 Å². The highest BCUT2D eigenvalue weighted by Crippen LogP contribution is 2.31. The van der Waals surface area contributed by atoms with Crippen LogP contribution in [0.15, 0.2) is 53.5 Å². The number of hydrogen-bond donors (Lipinski definition) is 1. The average Bonchev–Trinajstić information content (AvgIpc) is 3.23. The van der Waals surface area contributed by atoms with Gasteiger partial charge < -0.3 is 10.5 Å². The second-order valence-corrected chi connectivity index (χ2v) is 7.85. The first-order valence-electron chi connectivity index (χ1n) is 9.94. The Morgan fingerprint density at radius 1 is 1.11 bits per heavy atom. The lowest BCUT2D eigenvalue weighted by molar-refractivity contribution is 0.238. The SMILES string of the molecule is Nc1cc(C2=CCC(c3ccc(Cl)cc3)C=N2)ccc1OCCN1CCCC1. The quantitative estimate of drug-likeness (QED) is 0.700. The fraction of sp³-hybridized carbons (Fsp3) is 0.348. The predicted octanol–water partition coefficient (Wildman–Crippen LogP) is 5.00. The molecule has 2 aliphatic heterocycles. The summed E-state index contributed by atoms with van der Waals surface area (Å²) in [5.74, 6) is 1.04. The molecule has 1 unspecified atom stereocenters. The van der Waals surface area contributed by atoms with E-state index in [1.54, 1.807) is 0 Å². The van der Waals surface area contributed by atoms with Crippen LogP contribution >= 0.6 is 11.6 Å². The van der Waals surface area contributed by atoms with Gasteiger partial charge in [0.1, 0.15) is 12.4 Å². The van der Waals surface area contributed by atoms with Crippen molar-refractivity contribution in [3.05, 3.63) is 64.7 Å². The van der Waals surface area contributed by atoms with Gasteiger partial charge >= 0.3 is 0 Å². The smallest absolute Gasteiger partial charge is 0.142 e. The number of nitrogens with zero attached hydrogens (tertiary/aromatic N) is 2. The number of likely N-dealkylation sites (tertiary alicyclic amines) is 1. The van der Waals surface area contributed by atoms with E-state index in [9.17, 15) is 0 Å². The Morgan fingerprint density at radius 2 is 1.89 bits per heavy atom. The van der Waals surface area contributed by atoms with Gasteiger partial charge in [-0.05, 0) is 68.2 Å². The molecular formula is C23H26ClN3O. The molecule has 0 aliphatic carbocycles. The van der Waals surface area contributed by atoms with Gasteiger partial charge in [-0.15, -0.1) is 0 Å². The molecule has 28 heavy (non-hydrogen) atoms. The standard InChI is InChI=1S/C23H26ClN3O/c24-20-7-3-17(4-8-20)19-5-9-22(26-16-19)18-6-10-23(21(25)15-18)28-14-13-27-11-1-2-12-27/h3-4,6-10,15-16,19H,1-2,5,11-14,25H2. The fourth-order valence-electron chi connectivity index (χ4n) is 3.78. The monoisotopic (exact) mass is 395 g/mol. The lowest BCUT2D eigenvalue weighted by Gasteiger charge is -2.18. The molecule has 4 rings (SSSR count). The minimum absolute atomic E-state index is 0.284. The van der Waals surface area contributed by atoms with Crippen LogP contribution in [0.1, 0.15) is 36.3 Å². The number of anilines is 1. The van der Waals surface area contributed by atoms with Gasteiger partial charge in [0.05, 0.1) is 11.4 Å². The van der Waals surface area contributed by atoms with Crippen molar-refractivity contribution in [3.63, 3.8) is 0 Å². The van der Waals surface area contributed by atoms with E-state index in [2.05, 4.69) is 28.1 Å². The van der Waals surface area contributed by atoms with Gasteiger partial charge in [-0.1, -0.05) is 29.8 Å². The maximum absolute atomic E-state index is 6.22. The van der Waals surface area contributed by atoms with Gasteiger partial charge in [0.2, 0.25) is 0 Å². The molecule has 0 bridgehead atoms. The zero-order chi connectivity index (χ0) is 19.3. The molecule has 5 heteroatoms. The summed E-state index contributed by atoms with van der Waals surface area (Å²) in [6.07, 6.45) is 7.68. The molecule has 0 amide bonds. The molecule has 2 heterocycles. The molecule has 4 nitrogen and oxygen atoms in total. The summed E-state index contributed by atoms with van der Waals surface area (Å²) >= 11 is 5.98. The van der Waals surface area contributed by atoms with Crippen molar-refractivity contribution < 1.29 is 4.74 Å². The summed E-state index contributed by atoms with van der Waals surface area (Å²) in [4.78, 5) is 7.10. The molecule has 0 spiro atoms. The van der Waals surface area contributed by atoms with Crippen LogP contribution in [-0.4, -0.2) is 37.4 Å². The van der Waals surface area contributed by atoms with Crippen LogP contribution in [0.25, 0.3) is 5.70 Å². The van der Waals surface area contributed by atoms with Crippen molar-refractivity contribution in [2.75, 3.05) is 32.0 Å². The molecular weight excluding hydrogens is 370 g/mol. The van der Waals surface area contributed by atoms with Crippen LogP contribution in [-0.2, 0) is 0 Å². The van der Waals surface area contributed by atoms with Crippen LogP contribution in [0.3, 0.4) is 0 Å². The third-order valence-corrected chi connectivity index (χ3v) is 5.68. The van der Waals surface area contributed by atoms with Crippen LogP contribution < -0.4 is 10.5 Å². The molecule has 0 radical (unpaired) electrons. The first-order valence-corrected chi connectivity index (χ1v) is 10.3. The van der Waals surface area contributed by atoms with Gasteiger partial charge in [-0.2, -0.15) is 0 Å². The van der Waals surface area contributed by atoms with Crippen LogP contribution in [0.5, 0.6) is 5.75 Å². The van der Waals surface area contributed by atoms with Crippen LogP contribution in [0, 0.1) is 0 Å². The molecule has 146 valence electrons. The van der Waals surface area contributed by atoms with E-state index in [1.165, 1.54) is 31.5 Å². The Labute approximate surface area is 171 Å². The number of allylic oxidation sites excluding steroid dienone is 1. The van der Waals surface area contributed by atoms with Gasteiger partial charge in [-0.3, -0.25) is 9.89 Å². The van der Waals surface area contributed by atoms with Crippen molar-refractivity contribution in [2.24, 2.45) is 4.99 Å². The Hall–Kier alpha value is -2.30. The van der Waals surface area contributed by atoms with E-state index < -0.39 is 0 Å². The number of aliphatic imine (C=N–C) groups is 1. The number of hydrogen-bond acceptors (Lipinski definition) is 4. The Morgan fingerprint density at radius 3 is 2.57 bits per heavy atom. The predicted molar refractivity (Wildman–Crippen MR) is 117 cm³/mol. The maximum Gasteiger partial charge on any atom is 0.142 e. The molecule has 2 aromatic carbocycles. The highest BCUT2D eigenvalue weighted by Gasteiger charge is 2.15. The summed E-state index contributed by atoms with van der Waals surface area (Å²) in [5.41, 5.74) is 10.1. The normalized spacial score (nSPS) is 19.6. The first kappa shape index (κ1) is 19.0. The minimum atomic E-state index is 0.284. The van der Waals surface area contributed by atoms with Crippen molar-refractivity contribution in [1.29, 1.82) is 0 Å². The number of nitrogen functional groups attached to an aromatic ring is 1. The number of halogens is 1. The fourth-order valence-corrected chi connectivity index (χ4v) is 3.90. The number of rotatable bonds is 6. The van der Waals surface area contributed by atoms with Crippen molar-refractivity contribution in [3.8, 4) is 5.75 Å². The zero-order valence-electron chi connectivity index (χ0n) is 16.0. The summed E-state index contributed by atoms with van der Waals surface area (Å²) in [5, 5.41) is 0.756. The van der Waals surface area contributed by atoms with E-state index in [-0.39, 0.29) is 5.92 Å². The molecule has 0 aromatic heterocycles. The summed E-state index contributed by atoms with van der Waals surface area (Å²) in [7, 11) is 0. The highest BCUT2D eigenvalue weighted by molar-refractivity contribution is 6.30. The molecule has 0 saturated carbocycles. The third kappa shape index (κ3) is 4.57. The lowest BCUT2D eigenvalue weighted by Crippen LogP contribution is -2.25. The highest BCUT2D eigenvalue weighted by atomic mass is 35.5. The van der Waals surface area contributed by atoms with E-state index in [1.807, 2.05) is 36.5 Å². The van der Waals surface area contributed by atoms with Crippen LogP contribution in [0.2, 0.25) is 5.02 Å². The molecule has 1 fully saturated rings. The number of ether oxygens (including phenoxy) is 1. The molecule has 1 saturated heterocycles. The van der Waals surface area contributed by atoms with E-state index in [0.29, 0.717) is 12.3 Å². The van der Waals surface area contributed by atoms with Gasteiger partial charge in [-0.25, -0.2) is 0 Å². The second-order valence-electron chi connectivity index (χ2n) is 7.41. The van der Waals surface area contributed by atoms with Crippen molar-refractivity contribution in [2.45, 2.75) is 25.2 Å². The maximum atomic E-state index is 6.22. The topological polar surface area (TPSA) is 50.9 Å². The second kappa shape index (κ2) is 8.80. The van der Waals surface area contributed by atoms with Crippen molar-refractivity contribution >= 4 is 29.2 Å². The Balaban J connectivity index is 1.36. The van der Waals surface area contributed by atoms with Crippen molar-refractivity contribution in [1.82, 2.24) is 4.90 Å². The van der Waals surface area contributed by atoms with Gasteiger partial charge in [0.15, 0.2) is 0 Å². The zero-order valence-corrected chi connectivity index (χ0v) is 16.7. The minimum Gasteiger partial charge on any atom is -0.490 e. The van der Waals surface area contributed by atoms with E-state index >= 15 is 0 Å². The molecule has 2 aromatic rings. The summed E-state index contributed by atoms with van der Waals surface area (Å²) < 4.78 is 5.89. The molecule has 2 N–H and O–H groups in total. The van der Waals surface area contributed by atoms with Gasteiger partial charge in [0.25, 0.3) is 0 Å². The van der Waals surface area contributed by atoms with Crippen LogP contribution in [0.4, 0.5) is 5.69 Å². The summed E-state index contributed by atoms with van der Waals surface area (Å²) in [6.45, 7) is 4.00. The van der Waals surface area contributed by atoms with E-state index in [0.717, 1.165) is 35.0 Å². The molecule has 2 aliphatic rings. The lowest BCUT2D eigenvalue weighted by atomic mass is 9.94. The average molecular weight is 396 g/mol. The Kier molecular flexibility index (Phi) is 5.98.